The van der Waals surface area contributed by atoms with E-state index in [1.54, 1.807) is 18.2 Å². The highest BCUT2D eigenvalue weighted by Crippen LogP contribution is 2.22. The van der Waals surface area contributed by atoms with Crippen LogP contribution in [0.4, 0.5) is 0 Å². The summed E-state index contributed by atoms with van der Waals surface area (Å²) in [7, 11) is 1.74. The third-order valence-corrected chi connectivity index (χ3v) is 3.68. The van der Waals surface area contributed by atoms with E-state index in [1.807, 2.05) is 0 Å². The highest BCUT2D eigenvalue weighted by molar-refractivity contribution is 5.35. The summed E-state index contributed by atoms with van der Waals surface area (Å²) in [6.45, 7) is 4.85. The molecule has 0 saturated heterocycles. The third kappa shape index (κ3) is 4.94. The maximum absolute atomic E-state index is 4.99. The van der Waals surface area contributed by atoms with Gasteiger partial charge in [0.2, 0.25) is 0 Å². The summed E-state index contributed by atoms with van der Waals surface area (Å²) in [4.78, 5) is 0. The Balaban J connectivity index is 1.56. The Bertz CT molecular complexity index is 379. The first-order chi connectivity index (χ1) is 9.40. The Hall–Kier alpha value is -0.900. The van der Waals surface area contributed by atoms with Crippen molar-refractivity contribution in [3.8, 4) is 0 Å². The van der Waals surface area contributed by atoms with Crippen LogP contribution in [0.3, 0.4) is 0 Å². The molecule has 0 saturated carbocycles. The molecule has 0 aromatic heterocycles. The zero-order valence-corrected chi connectivity index (χ0v) is 12.0. The number of aryl methyl sites for hydroxylation is 2. The number of rotatable bonds is 9. The van der Waals surface area contributed by atoms with Gasteiger partial charge >= 0.3 is 0 Å². The summed E-state index contributed by atoms with van der Waals surface area (Å²) >= 11 is 0. The third-order valence-electron chi connectivity index (χ3n) is 3.68. The molecular formula is C16H26N2O. The molecule has 0 heterocycles. The highest BCUT2D eigenvalue weighted by atomic mass is 16.5. The molecule has 0 spiro atoms. The van der Waals surface area contributed by atoms with E-state index in [4.69, 9.17) is 4.74 Å². The SMILES string of the molecule is COCCNCCCNCc1ccc2c(c1)CCC2. The molecule has 3 heteroatoms. The van der Waals surface area contributed by atoms with Gasteiger partial charge in [0.05, 0.1) is 6.61 Å². The number of hydrogen-bond acceptors (Lipinski definition) is 3. The Labute approximate surface area is 116 Å². The van der Waals surface area contributed by atoms with Gasteiger partial charge in [-0.05, 0) is 55.5 Å². The van der Waals surface area contributed by atoms with E-state index in [0.717, 1.165) is 39.2 Å². The van der Waals surface area contributed by atoms with E-state index in [9.17, 15) is 0 Å². The molecule has 0 fully saturated rings. The van der Waals surface area contributed by atoms with Crippen molar-refractivity contribution in [2.45, 2.75) is 32.2 Å². The zero-order chi connectivity index (χ0) is 13.3. The van der Waals surface area contributed by atoms with Crippen molar-refractivity contribution >= 4 is 0 Å². The predicted octanol–water partition coefficient (Wildman–Crippen LogP) is 1.89. The summed E-state index contributed by atoms with van der Waals surface area (Å²) < 4.78 is 4.99. The van der Waals surface area contributed by atoms with Crippen LogP contribution < -0.4 is 10.6 Å². The Morgan fingerprint density at radius 3 is 2.79 bits per heavy atom. The largest absolute Gasteiger partial charge is 0.383 e. The molecule has 1 aromatic carbocycles. The Kier molecular flexibility index (Phi) is 6.34. The predicted molar refractivity (Wildman–Crippen MR) is 79.5 cm³/mol. The van der Waals surface area contributed by atoms with Crippen molar-refractivity contribution in [3.63, 3.8) is 0 Å². The molecule has 106 valence electrons. The maximum atomic E-state index is 4.99. The Morgan fingerprint density at radius 1 is 1.05 bits per heavy atom. The summed E-state index contributed by atoms with van der Waals surface area (Å²) in [5.74, 6) is 0. The lowest BCUT2D eigenvalue weighted by atomic mass is 10.1. The van der Waals surface area contributed by atoms with Crippen LogP contribution in [0.15, 0.2) is 18.2 Å². The monoisotopic (exact) mass is 262 g/mol. The average molecular weight is 262 g/mol. The molecule has 2 N–H and O–H groups in total. The molecule has 0 atom stereocenters. The first kappa shape index (κ1) is 14.5. The molecule has 0 bridgehead atoms. The van der Waals surface area contributed by atoms with Crippen molar-refractivity contribution in [1.29, 1.82) is 0 Å². The molecule has 19 heavy (non-hydrogen) atoms. The fraction of sp³-hybridized carbons (Fsp3) is 0.625. The first-order valence-electron chi connectivity index (χ1n) is 7.41. The minimum absolute atomic E-state index is 0.794. The molecular weight excluding hydrogens is 236 g/mol. The minimum atomic E-state index is 0.794. The van der Waals surface area contributed by atoms with E-state index in [-0.39, 0.29) is 0 Å². The second kappa shape index (κ2) is 8.31. The number of ether oxygens (including phenoxy) is 1. The van der Waals surface area contributed by atoms with Crippen molar-refractivity contribution < 1.29 is 4.74 Å². The molecule has 1 aliphatic rings. The summed E-state index contributed by atoms with van der Waals surface area (Å²) in [5.41, 5.74) is 4.56. The van der Waals surface area contributed by atoms with Crippen LogP contribution in [0.2, 0.25) is 0 Å². The quantitative estimate of drug-likeness (QED) is 0.667. The smallest absolute Gasteiger partial charge is 0.0587 e. The van der Waals surface area contributed by atoms with Gasteiger partial charge in [-0.3, -0.25) is 0 Å². The van der Waals surface area contributed by atoms with Crippen molar-refractivity contribution in [2.75, 3.05) is 33.4 Å². The van der Waals surface area contributed by atoms with Gasteiger partial charge in [-0.15, -0.1) is 0 Å². The lowest BCUT2D eigenvalue weighted by Gasteiger charge is -2.08. The van der Waals surface area contributed by atoms with E-state index < -0.39 is 0 Å². The molecule has 3 nitrogen and oxygen atoms in total. The van der Waals surface area contributed by atoms with Crippen LogP contribution in [-0.2, 0) is 24.1 Å². The number of fused-ring (bicyclic) bond motifs is 1. The topological polar surface area (TPSA) is 33.3 Å². The number of hydrogen-bond donors (Lipinski definition) is 2. The standard InChI is InChI=1S/C16H26N2O/c1-19-11-10-17-8-3-9-18-13-14-6-7-15-4-2-5-16(15)12-14/h6-7,12,17-18H,2-5,8-11,13H2,1H3. The summed E-state index contributed by atoms with van der Waals surface area (Å²) in [6, 6.07) is 6.96. The Morgan fingerprint density at radius 2 is 1.89 bits per heavy atom. The molecule has 0 unspecified atom stereocenters. The van der Waals surface area contributed by atoms with E-state index in [0.29, 0.717) is 0 Å². The number of nitrogens with one attached hydrogen (secondary N) is 2. The van der Waals surface area contributed by atoms with Crippen molar-refractivity contribution in [3.05, 3.63) is 34.9 Å². The zero-order valence-electron chi connectivity index (χ0n) is 12.0. The molecule has 2 rings (SSSR count). The number of benzene rings is 1. The first-order valence-corrected chi connectivity index (χ1v) is 7.41. The van der Waals surface area contributed by atoms with Gasteiger partial charge in [0.15, 0.2) is 0 Å². The molecule has 0 radical (unpaired) electrons. The van der Waals surface area contributed by atoms with Gasteiger partial charge in [0.25, 0.3) is 0 Å². The van der Waals surface area contributed by atoms with E-state index in [2.05, 4.69) is 28.8 Å². The maximum Gasteiger partial charge on any atom is 0.0587 e. The summed E-state index contributed by atoms with van der Waals surface area (Å²) in [5, 5.41) is 6.87. The van der Waals surface area contributed by atoms with E-state index >= 15 is 0 Å². The molecule has 1 aliphatic carbocycles. The normalized spacial score (nSPS) is 13.7. The molecule has 0 amide bonds. The van der Waals surface area contributed by atoms with Crippen LogP contribution in [0.1, 0.15) is 29.5 Å². The van der Waals surface area contributed by atoms with Crippen LogP contribution in [0.25, 0.3) is 0 Å². The van der Waals surface area contributed by atoms with Crippen molar-refractivity contribution in [1.82, 2.24) is 10.6 Å². The summed E-state index contributed by atoms with van der Waals surface area (Å²) in [6.07, 6.45) is 5.04. The van der Waals surface area contributed by atoms with Gasteiger partial charge in [-0.2, -0.15) is 0 Å². The van der Waals surface area contributed by atoms with Gasteiger partial charge in [0, 0.05) is 20.2 Å². The highest BCUT2D eigenvalue weighted by Gasteiger charge is 2.10. The van der Waals surface area contributed by atoms with Crippen molar-refractivity contribution in [2.24, 2.45) is 0 Å². The fourth-order valence-electron chi connectivity index (χ4n) is 2.61. The van der Waals surface area contributed by atoms with Gasteiger partial charge in [0.1, 0.15) is 0 Å². The van der Waals surface area contributed by atoms with Crippen LogP contribution in [0.5, 0.6) is 0 Å². The van der Waals surface area contributed by atoms with Gasteiger partial charge in [-0.1, -0.05) is 18.2 Å². The van der Waals surface area contributed by atoms with Gasteiger partial charge in [-0.25, -0.2) is 0 Å². The van der Waals surface area contributed by atoms with Crippen LogP contribution >= 0.6 is 0 Å². The second-order valence-electron chi connectivity index (χ2n) is 5.23. The lowest BCUT2D eigenvalue weighted by Crippen LogP contribution is -2.24. The van der Waals surface area contributed by atoms with Gasteiger partial charge < -0.3 is 15.4 Å². The minimum Gasteiger partial charge on any atom is -0.383 e. The number of methoxy groups -OCH3 is 1. The fourth-order valence-corrected chi connectivity index (χ4v) is 2.61. The second-order valence-corrected chi connectivity index (χ2v) is 5.23. The average Bonchev–Trinajstić information content (AvgIpc) is 2.89. The van der Waals surface area contributed by atoms with Crippen LogP contribution in [0, 0.1) is 0 Å². The van der Waals surface area contributed by atoms with E-state index in [1.165, 1.54) is 24.8 Å². The molecule has 1 aromatic rings. The lowest BCUT2D eigenvalue weighted by molar-refractivity contribution is 0.199. The van der Waals surface area contributed by atoms with Crippen LogP contribution in [-0.4, -0.2) is 33.4 Å². The molecule has 0 aliphatic heterocycles.